The van der Waals surface area contributed by atoms with E-state index in [0.29, 0.717) is 18.2 Å². The maximum absolute atomic E-state index is 11.2. The molecule has 13 heavy (non-hydrogen) atoms. The van der Waals surface area contributed by atoms with Crippen molar-refractivity contribution in [3.8, 4) is 0 Å². The van der Waals surface area contributed by atoms with Crippen molar-refractivity contribution in [3.05, 3.63) is 0 Å². The molecule has 0 N–H and O–H groups in total. The topological polar surface area (TPSA) is 20.3 Å². The fourth-order valence-electron chi connectivity index (χ4n) is 1.64. The molecule has 0 saturated carbocycles. The predicted molar refractivity (Wildman–Crippen MR) is 56.6 cm³/mol. The molecule has 1 fully saturated rings. The zero-order chi connectivity index (χ0) is 10.3. The first-order chi connectivity index (χ1) is 6.24. The second-order valence-corrected chi connectivity index (χ2v) is 3.44. The fraction of sp³-hybridized carbons (Fsp3) is 0.909. The SMILES string of the molecule is CC.CCC(=O)N1CCCC(C)C1. The molecule has 1 unspecified atom stereocenters. The molecule has 0 bridgehead atoms. The molecular formula is C11H23NO. The molecule has 0 aromatic heterocycles. The van der Waals surface area contributed by atoms with Crippen LogP contribution in [-0.2, 0) is 4.79 Å². The maximum Gasteiger partial charge on any atom is 0.222 e. The Morgan fingerprint density at radius 2 is 2.08 bits per heavy atom. The number of hydrogen-bond acceptors (Lipinski definition) is 1. The highest BCUT2D eigenvalue weighted by Gasteiger charge is 2.18. The first-order valence-corrected chi connectivity index (χ1v) is 5.51. The molecule has 1 saturated heterocycles. The Morgan fingerprint density at radius 1 is 1.46 bits per heavy atom. The van der Waals surface area contributed by atoms with Crippen LogP contribution in [0.2, 0.25) is 0 Å². The lowest BCUT2D eigenvalue weighted by molar-refractivity contribution is -0.132. The second-order valence-electron chi connectivity index (χ2n) is 3.44. The van der Waals surface area contributed by atoms with Gasteiger partial charge in [-0.1, -0.05) is 27.7 Å². The summed E-state index contributed by atoms with van der Waals surface area (Å²) in [5, 5.41) is 0. The maximum atomic E-state index is 11.2. The number of likely N-dealkylation sites (tertiary alicyclic amines) is 1. The van der Waals surface area contributed by atoms with E-state index >= 15 is 0 Å². The van der Waals surface area contributed by atoms with Crippen LogP contribution in [0.4, 0.5) is 0 Å². The molecule has 0 aromatic carbocycles. The quantitative estimate of drug-likeness (QED) is 0.615. The zero-order valence-corrected chi connectivity index (χ0v) is 9.47. The zero-order valence-electron chi connectivity index (χ0n) is 9.47. The van der Waals surface area contributed by atoms with E-state index in [-0.39, 0.29) is 0 Å². The molecule has 0 radical (unpaired) electrons. The van der Waals surface area contributed by atoms with E-state index in [1.165, 1.54) is 12.8 Å². The molecule has 1 amide bonds. The Balaban J connectivity index is 0.000000671. The summed E-state index contributed by atoms with van der Waals surface area (Å²) in [6.07, 6.45) is 3.13. The largest absolute Gasteiger partial charge is 0.342 e. The van der Waals surface area contributed by atoms with Crippen LogP contribution in [-0.4, -0.2) is 23.9 Å². The molecule has 1 rings (SSSR count). The van der Waals surface area contributed by atoms with Crippen molar-refractivity contribution in [3.63, 3.8) is 0 Å². The monoisotopic (exact) mass is 185 g/mol. The summed E-state index contributed by atoms with van der Waals surface area (Å²) in [4.78, 5) is 13.2. The van der Waals surface area contributed by atoms with E-state index in [1.807, 2.05) is 25.7 Å². The molecule has 1 aliphatic rings. The van der Waals surface area contributed by atoms with Crippen LogP contribution >= 0.6 is 0 Å². The minimum absolute atomic E-state index is 0.316. The van der Waals surface area contributed by atoms with Crippen LogP contribution in [0.15, 0.2) is 0 Å². The Labute approximate surface area is 82.3 Å². The van der Waals surface area contributed by atoms with Crippen LogP contribution in [0.25, 0.3) is 0 Å². The van der Waals surface area contributed by atoms with Gasteiger partial charge in [0, 0.05) is 19.5 Å². The van der Waals surface area contributed by atoms with Gasteiger partial charge in [0.15, 0.2) is 0 Å². The minimum Gasteiger partial charge on any atom is -0.342 e. The normalized spacial score (nSPS) is 21.8. The van der Waals surface area contributed by atoms with E-state index in [1.54, 1.807) is 0 Å². The summed E-state index contributed by atoms with van der Waals surface area (Å²) in [6, 6.07) is 0. The molecule has 1 aliphatic heterocycles. The van der Waals surface area contributed by atoms with Gasteiger partial charge in [-0.25, -0.2) is 0 Å². The Kier molecular flexibility index (Phi) is 6.65. The average molecular weight is 185 g/mol. The van der Waals surface area contributed by atoms with Crippen molar-refractivity contribution in [2.45, 2.75) is 47.0 Å². The van der Waals surface area contributed by atoms with Gasteiger partial charge in [0.1, 0.15) is 0 Å². The highest BCUT2D eigenvalue weighted by atomic mass is 16.2. The van der Waals surface area contributed by atoms with Crippen LogP contribution in [0.3, 0.4) is 0 Å². The Bertz CT molecular complexity index is 145. The van der Waals surface area contributed by atoms with Gasteiger partial charge < -0.3 is 4.90 Å². The summed E-state index contributed by atoms with van der Waals surface area (Å²) in [7, 11) is 0. The van der Waals surface area contributed by atoms with Crippen LogP contribution < -0.4 is 0 Å². The van der Waals surface area contributed by atoms with Gasteiger partial charge in [0.05, 0.1) is 0 Å². The van der Waals surface area contributed by atoms with Crippen molar-refractivity contribution >= 4 is 5.91 Å². The molecule has 2 heteroatoms. The molecule has 1 atom stereocenters. The number of nitrogens with zero attached hydrogens (tertiary/aromatic N) is 1. The third-order valence-corrected chi connectivity index (χ3v) is 2.31. The van der Waals surface area contributed by atoms with Gasteiger partial charge in [0.25, 0.3) is 0 Å². The lowest BCUT2D eigenvalue weighted by Gasteiger charge is -2.30. The number of amides is 1. The lowest BCUT2D eigenvalue weighted by Crippen LogP contribution is -2.38. The van der Waals surface area contributed by atoms with Crippen LogP contribution in [0.1, 0.15) is 47.0 Å². The average Bonchev–Trinajstić information content (AvgIpc) is 2.20. The van der Waals surface area contributed by atoms with Crippen LogP contribution in [0.5, 0.6) is 0 Å². The van der Waals surface area contributed by atoms with Crippen molar-refractivity contribution < 1.29 is 4.79 Å². The van der Waals surface area contributed by atoms with E-state index in [2.05, 4.69) is 6.92 Å². The number of rotatable bonds is 1. The molecule has 0 aromatic rings. The number of carbonyl (C=O) groups excluding carboxylic acids is 1. The van der Waals surface area contributed by atoms with Gasteiger partial charge >= 0.3 is 0 Å². The number of piperidine rings is 1. The summed E-state index contributed by atoms with van der Waals surface area (Å²) < 4.78 is 0. The van der Waals surface area contributed by atoms with Crippen molar-refractivity contribution in [1.29, 1.82) is 0 Å². The highest BCUT2D eigenvalue weighted by molar-refractivity contribution is 5.75. The van der Waals surface area contributed by atoms with E-state index in [0.717, 1.165) is 13.1 Å². The third kappa shape index (κ3) is 4.30. The molecule has 0 spiro atoms. The summed E-state index contributed by atoms with van der Waals surface area (Å²) in [5.74, 6) is 1.02. The van der Waals surface area contributed by atoms with Crippen molar-refractivity contribution in [2.75, 3.05) is 13.1 Å². The second kappa shape index (κ2) is 6.93. The van der Waals surface area contributed by atoms with Crippen molar-refractivity contribution in [2.24, 2.45) is 5.92 Å². The molecule has 2 nitrogen and oxygen atoms in total. The smallest absolute Gasteiger partial charge is 0.222 e. The Morgan fingerprint density at radius 3 is 2.54 bits per heavy atom. The first-order valence-electron chi connectivity index (χ1n) is 5.51. The minimum atomic E-state index is 0.316. The fourth-order valence-corrected chi connectivity index (χ4v) is 1.64. The summed E-state index contributed by atoms with van der Waals surface area (Å²) >= 11 is 0. The molecule has 1 heterocycles. The lowest BCUT2D eigenvalue weighted by atomic mass is 10.0. The van der Waals surface area contributed by atoms with Gasteiger partial charge in [-0.3, -0.25) is 4.79 Å². The van der Waals surface area contributed by atoms with Gasteiger partial charge in [-0.2, -0.15) is 0 Å². The van der Waals surface area contributed by atoms with E-state index in [9.17, 15) is 4.79 Å². The predicted octanol–water partition coefficient (Wildman–Crippen LogP) is 2.68. The highest BCUT2D eigenvalue weighted by Crippen LogP contribution is 2.15. The van der Waals surface area contributed by atoms with Crippen molar-refractivity contribution in [1.82, 2.24) is 4.90 Å². The Hall–Kier alpha value is -0.530. The van der Waals surface area contributed by atoms with Gasteiger partial charge in [-0.15, -0.1) is 0 Å². The molecule has 0 aliphatic carbocycles. The standard InChI is InChI=1S/C9H17NO.C2H6/c1-3-9(11)10-6-4-5-8(2)7-10;1-2/h8H,3-7H2,1-2H3;1-2H3. The third-order valence-electron chi connectivity index (χ3n) is 2.31. The molecule has 78 valence electrons. The molecular weight excluding hydrogens is 162 g/mol. The van der Waals surface area contributed by atoms with Gasteiger partial charge in [0.2, 0.25) is 5.91 Å². The summed E-state index contributed by atoms with van der Waals surface area (Å²) in [5.41, 5.74) is 0. The van der Waals surface area contributed by atoms with Gasteiger partial charge in [-0.05, 0) is 18.8 Å². The number of carbonyl (C=O) groups is 1. The number of hydrogen-bond donors (Lipinski definition) is 0. The van der Waals surface area contributed by atoms with E-state index in [4.69, 9.17) is 0 Å². The van der Waals surface area contributed by atoms with E-state index < -0.39 is 0 Å². The first kappa shape index (κ1) is 12.5. The summed E-state index contributed by atoms with van der Waals surface area (Å²) in [6.45, 7) is 10.1. The van der Waals surface area contributed by atoms with Crippen LogP contribution in [0, 0.1) is 5.92 Å².